The van der Waals surface area contributed by atoms with Crippen LogP contribution in [0.1, 0.15) is 50.7 Å². The first-order valence-electron chi connectivity index (χ1n) is 8.24. The molecule has 1 aromatic heterocycles. The second-order valence-electron chi connectivity index (χ2n) is 6.11. The number of aryl methyl sites for hydroxylation is 1. The lowest BCUT2D eigenvalue weighted by molar-refractivity contribution is 0.152. The molecule has 1 atom stereocenters. The molecule has 112 valence electrons. The number of aromatic nitrogens is 3. The van der Waals surface area contributed by atoms with Gasteiger partial charge in [0.25, 0.3) is 0 Å². The molecule has 0 bridgehead atoms. The van der Waals surface area contributed by atoms with E-state index < -0.39 is 0 Å². The smallest absolute Gasteiger partial charge is 0.147 e. The van der Waals surface area contributed by atoms with Crippen LogP contribution in [-0.4, -0.2) is 45.3 Å². The van der Waals surface area contributed by atoms with Gasteiger partial charge in [-0.05, 0) is 45.2 Å². The second-order valence-corrected chi connectivity index (χ2v) is 6.11. The predicted molar refractivity (Wildman–Crippen MR) is 79.6 cm³/mol. The number of hydrogen-bond acceptors (Lipinski definition) is 4. The van der Waals surface area contributed by atoms with Gasteiger partial charge < -0.3 is 9.88 Å². The summed E-state index contributed by atoms with van der Waals surface area (Å²) in [7, 11) is 0. The minimum atomic E-state index is 0.667. The molecule has 2 aliphatic rings. The van der Waals surface area contributed by atoms with Crippen LogP contribution in [0.4, 0.5) is 0 Å². The van der Waals surface area contributed by atoms with Crippen molar-refractivity contribution in [2.75, 3.05) is 19.6 Å². The fourth-order valence-electron chi connectivity index (χ4n) is 3.49. The van der Waals surface area contributed by atoms with E-state index >= 15 is 0 Å². The largest absolute Gasteiger partial charge is 0.315 e. The number of hydrogen-bond donors (Lipinski definition) is 1. The minimum Gasteiger partial charge on any atom is -0.315 e. The van der Waals surface area contributed by atoms with Gasteiger partial charge >= 0.3 is 0 Å². The summed E-state index contributed by atoms with van der Waals surface area (Å²) in [5.41, 5.74) is 0. The number of nitrogens with one attached hydrogen (secondary N) is 1. The molecule has 1 fully saturated rings. The van der Waals surface area contributed by atoms with Gasteiger partial charge in [0.1, 0.15) is 11.6 Å². The van der Waals surface area contributed by atoms with Crippen molar-refractivity contribution in [3.63, 3.8) is 0 Å². The lowest BCUT2D eigenvalue weighted by Gasteiger charge is -2.34. The quantitative estimate of drug-likeness (QED) is 0.887. The molecule has 0 aromatic carbocycles. The number of rotatable bonds is 5. The fraction of sp³-hybridized carbons (Fsp3) is 0.867. The van der Waals surface area contributed by atoms with Gasteiger partial charge in [-0.2, -0.15) is 0 Å². The lowest BCUT2D eigenvalue weighted by atomic mass is 10.1. The molecule has 0 spiro atoms. The molecule has 5 nitrogen and oxygen atoms in total. The van der Waals surface area contributed by atoms with E-state index in [2.05, 4.69) is 31.9 Å². The van der Waals surface area contributed by atoms with Gasteiger partial charge in [0.15, 0.2) is 0 Å². The van der Waals surface area contributed by atoms with Crippen LogP contribution in [0.25, 0.3) is 0 Å². The Kier molecular flexibility index (Phi) is 4.68. The first-order valence-corrected chi connectivity index (χ1v) is 8.24. The maximum absolute atomic E-state index is 4.47. The van der Waals surface area contributed by atoms with Crippen molar-refractivity contribution in [3.8, 4) is 0 Å². The second kappa shape index (κ2) is 6.68. The van der Waals surface area contributed by atoms with Crippen molar-refractivity contribution in [2.24, 2.45) is 0 Å². The summed E-state index contributed by atoms with van der Waals surface area (Å²) in [4.78, 5) is 2.61. The van der Waals surface area contributed by atoms with Gasteiger partial charge in [0.05, 0.1) is 6.54 Å². The molecule has 0 aliphatic carbocycles. The summed E-state index contributed by atoms with van der Waals surface area (Å²) >= 11 is 0. The molecule has 0 saturated carbocycles. The van der Waals surface area contributed by atoms with E-state index in [0.717, 1.165) is 32.6 Å². The summed E-state index contributed by atoms with van der Waals surface area (Å²) < 4.78 is 2.36. The molecule has 1 aromatic rings. The Labute approximate surface area is 121 Å². The van der Waals surface area contributed by atoms with Crippen LogP contribution in [0.5, 0.6) is 0 Å². The van der Waals surface area contributed by atoms with Gasteiger partial charge in [-0.25, -0.2) is 0 Å². The highest BCUT2D eigenvalue weighted by Crippen LogP contribution is 2.18. The third-order valence-corrected chi connectivity index (χ3v) is 4.58. The van der Waals surface area contributed by atoms with E-state index in [9.17, 15) is 0 Å². The van der Waals surface area contributed by atoms with E-state index in [1.807, 2.05) is 0 Å². The first-order chi connectivity index (χ1) is 9.88. The topological polar surface area (TPSA) is 46.0 Å². The fourth-order valence-corrected chi connectivity index (χ4v) is 3.49. The van der Waals surface area contributed by atoms with Gasteiger partial charge in [-0.1, -0.05) is 6.92 Å². The van der Waals surface area contributed by atoms with Crippen LogP contribution < -0.4 is 5.32 Å². The molecular formula is C15H27N5. The van der Waals surface area contributed by atoms with E-state index in [1.165, 1.54) is 50.3 Å². The van der Waals surface area contributed by atoms with E-state index in [4.69, 9.17) is 0 Å². The summed E-state index contributed by atoms with van der Waals surface area (Å²) in [5, 5.41) is 12.4. The Hall–Kier alpha value is -0.940. The van der Waals surface area contributed by atoms with E-state index in [1.54, 1.807) is 0 Å². The van der Waals surface area contributed by atoms with Crippen molar-refractivity contribution in [1.29, 1.82) is 0 Å². The number of nitrogens with zero attached hydrogens (tertiary/aromatic N) is 4. The molecular weight excluding hydrogens is 250 g/mol. The van der Waals surface area contributed by atoms with Gasteiger partial charge in [-0.3, -0.25) is 4.90 Å². The highest BCUT2D eigenvalue weighted by atomic mass is 15.3. The van der Waals surface area contributed by atoms with Crippen molar-refractivity contribution in [1.82, 2.24) is 25.0 Å². The number of fused-ring (bicyclic) bond motifs is 1. The Balaban J connectivity index is 1.70. The van der Waals surface area contributed by atoms with E-state index in [-0.39, 0.29) is 0 Å². The zero-order chi connectivity index (χ0) is 13.8. The molecule has 3 heterocycles. The highest BCUT2D eigenvalue weighted by molar-refractivity contribution is 4.99. The molecule has 20 heavy (non-hydrogen) atoms. The van der Waals surface area contributed by atoms with Crippen molar-refractivity contribution < 1.29 is 0 Å². The van der Waals surface area contributed by atoms with Crippen LogP contribution in [-0.2, 0) is 19.5 Å². The molecule has 2 aliphatic heterocycles. The van der Waals surface area contributed by atoms with Crippen LogP contribution in [0.3, 0.4) is 0 Å². The summed E-state index contributed by atoms with van der Waals surface area (Å²) in [6.07, 6.45) is 7.46. The zero-order valence-electron chi connectivity index (χ0n) is 12.6. The third-order valence-electron chi connectivity index (χ3n) is 4.58. The zero-order valence-corrected chi connectivity index (χ0v) is 12.6. The third kappa shape index (κ3) is 3.04. The lowest BCUT2D eigenvalue weighted by Crippen LogP contribution is -2.46. The SMILES string of the molecule is CCCN(Cc1nnc2n1CCCC2)C1CCCNC1. The minimum absolute atomic E-state index is 0.667. The van der Waals surface area contributed by atoms with Crippen molar-refractivity contribution in [3.05, 3.63) is 11.6 Å². The van der Waals surface area contributed by atoms with Gasteiger partial charge in [0, 0.05) is 25.6 Å². The molecule has 1 N–H and O–H groups in total. The molecule has 0 radical (unpaired) electrons. The summed E-state index contributed by atoms with van der Waals surface area (Å²) in [5.74, 6) is 2.38. The normalized spacial score (nSPS) is 23.0. The van der Waals surface area contributed by atoms with Gasteiger partial charge in [0.2, 0.25) is 0 Å². The molecule has 1 saturated heterocycles. The summed E-state index contributed by atoms with van der Waals surface area (Å²) in [6.45, 7) is 7.81. The van der Waals surface area contributed by atoms with Crippen LogP contribution >= 0.6 is 0 Å². The maximum atomic E-state index is 4.47. The van der Waals surface area contributed by atoms with E-state index in [0.29, 0.717) is 6.04 Å². The van der Waals surface area contributed by atoms with Crippen molar-refractivity contribution >= 4 is 0 Å². The number of piperidine rings is 1. The monoisotopic (exact) mass is 277 g/mol. The Morgan fingerprint density at radius 1 is 1.30 bits per heavy atom. The average molecular weight is 277 g/mol. The molecule has 1 unspecified atom stereocenters. The Morgan fingerprint density at radius 2 is 2.25 bits per heavy atom. The van der Waals surface area contributed by atoms with Crippen LogP contribution in [0, 0.1) is 0 Å². The van der Waals surface area contributed by atoms with Crippen molar-refractivity contribution in [2.45, 2.75) is 64.6 Å². The highest BCUT2D eigenvalue weighted by Gasteiger charge is 2.23. The standard InChI is InChI=1S/C15H27N5/c1-2-9-19(13-6-5-8-16-11-13)12-15-18-17-14-7-3-4-10-20(14)15/h13,16H,2-12H2,1H3. The molecule has 5 heteroatoms. The van der Waals surface area contributed by atoms with Crippen LogP contribution in [0.2, 0.25) is 0 Å². The average Bonchev–Trinajstić information content (AvgIpc) is 2.91. The molecule has 0 amide bonds. The Bertz CT molecular complexity index is 422. The molecule has 3 rings (SSSR count). The first kappa shape index (κ1) is 14.0. The maximum Gasteiger partial charge on any atom is 0.147 e. The Morgan fingerprint density at radius 3 is 3.05 bits per heavy atom. The van der Waals surface area contributed by atoms with Gasteiger partial charge in [-0.15, -0.1) is 10.2 Å². The summed E-state index contributed by atoms with van der Waals surface area (Å²) in [6, 6.07) is 0.667. The predicted octanol–water partition coefficient (Wildman–Crippen LogP) is 1.58. The van der Waals surface area contributed by atoms with Crippen LogP contribution in [0.15, 0.2) is 0 Å².